The van der Waals surface area contributed by atoms with Crippen LogP contribution in [0.4, 0.5) is 15.8 Å². The van der Waals surface area contributed by atoms with Crippen molar-refractivity contribution in [3.05, 3.63) is 98.2 Å². The van der Waals surface area contributed by atoms with Gasteiger partial charge in [-0.2, -0.15) is 0 Å². The first-order chi connectivity index (χ1) is 20.2. The lowest BCUT2D eigenvalue weighted by atomic mass is 9.83. The SMILES string of the molecule is COc1cc(C2c3sc(=O)[nH]c3SC3C(=O)N(c4ccc(F)cc4)C(=O)C32)ccc1OCC(=O)Nc1cccc(C)c1. The van der Waals surface area contributed by atoms with Crippen LogP contribution in [0.5, 0.6) is 11.5 Å². The van der Waals surface area contributed by atoms with Crippen molar-refractivity contribution in [2.75, 3.05) is 23.9 Å². The number of carbonyl (C=O) groups is 3. The number of amides is 3. The van der Waals surface area contributed by atoms with E-state index in [0.717, 1.165) is 33.6 Å². The van der Waals surface area contributed by atoms with E-state index in [1.165, 1.54) is 31.4 Å². The van der Waals surface area contributed by atoms with E-state index in [0.29, 0.717) is 32.7 Å². The summed E-state index contributed by atoms with van der Waals surface area (Å²) in [5.74, 6) is -2.52. The molecule has 3 aromatic carbocycles. The van der Waals surface area contributed by atoms with Gasteiger partial charge < -0.3 is 19.8 Å². The highest BCUT2D eigenvalue weighted by atomic mass is 32.2. The second-order valence-corrected chi connectivity index (χ2v) is 12.0. The molecule has 1 aromatic heterocycles. The van der Waals surface area contributed by atoms with Crippen LogP contribution in [0.2, 0.25) is 0 Å². The van der Waals surface area contributed by atoms with Gasteiger partial charge in [0.1, 0.15) is 11.1 Å². The third kappa shape index (κ3) is 5.07. The molecular formula is C30H24FN3O6S2. The highest BCUT2D eigenvalue weighted by Gasteiger charge is 2.56. The Hall–Kier alpha value is -4.42. The zero-order valence-electron chi connectivity index (χ0n) is 22.4. The number of ether oxygens (including phenoxy) is 2. The zero-order valence-corrected chi connectivity index (χ0v) is 24.0. The smallest absolute Gasteiger partial charge is 0.305 e. The number of aromatic nitrogens is 1. The Kier molecular flexibility index (Phi) is 7.33. The maximum absolute atomic E-state index is 13.8. The highest BCUT2D eigenvalue weighted by molar-refractivity contribution is 8.00. The molecule has 4 aromatic rings. The average molecular weight is 606 g/mol. The average Bonchev–Trinajstić information content (AvgIpc) is 3.46. The van der Waals surface area contributed by atoms with Crippen LogP contribution in [0.15, 0.2) is 76.6 Å². The summed E-state index contributed by atoms with van der Waals surface area (Å²) in [4.78, 5) is 56.4. The summed E-state index contributed by atoms with van der Waals surface area (Å²) in [7, 11) is 1.46. The molecule has 9 nitrogen and oxygen atoms in total. The lowest BCUT2D eigenvalue weighted by molar-refractivity contribution is -0.122. The van der Waals surface area contributed by atoms with E-state index in [1.54, 1.807) is 24.3 Å². The Bertz CT molecular complexity index is 1770. The Morgan fingerprint density at radius 2 is 1.81 bits per heavy atom. The predicted octanol–water partition coefficient (Wildman–Crippen LogP) is 4.71. The van der Waals surface area contributed by atoms with Crippen LogP contribution in [-0.2, 0) is 14.4 Å². The first kappa shape index (κ1) is 27.7. The van der Waals surface area contributed by atoms with Gasteiger partial charge in [-0.25, -0.2) is 9.29 Å². The van der Waals surface area contributed by atoms with Crippen LogP contribution >= 0.6 is 23.1 Å². The van der Waals surface area contributed by atoms with E-state index in [2.05, 4.69) is 10.3 Å². The maximum atomic E-state index is 13.8. The monoisotopic (exact) mass is 605 g/mol. The quantitative estimate of drug-likeness (QED) is 0.293. The van der Waals surface area contributed by atoms with E-state index in [9.17, 15) is 23.6 Å². The first-order valence-electron chi connectivity index (χ1n) is 12.9. The minimum Gasteiger partial charge on any atom is -0.493 e. The summed E-state index contributed by atoms with van der Waals surface area (Å²) in [6.45, 7) is 1.66. The maximum Gasteiger partial charge on any atom is 0.305 e. The normalized spacial score (nSPS) is 19.3. The molecule has 214 valence electrons. The molecule has 2 aliphatic rings. The number of hydrogen-bond acceptors (Lipinski definition) is 8. The van der Waals surface area contributed by atoms with Crippen molar-refractivity contribution in [1.82, 2.24) is 4.98 Å². The van der Waals surface area contributed by atoms with Gasteiger partial charge in [-0.1, -0.05) is 41.3 Å². The second kappa shape index (κ2) is 11.1. The minimum atomic E-state index is -0.817. The molecule has 3 unspecified atom stereocenters. The number of benzene rings is 3. The summed E-state index contributed by atoms with van der Waals surface area (Å²) in [6, 6.07) is 17.6. The molecule has 2 N–H and O–H groups in total. The zero-order chi connectivity index (χ0) is 29.5. The first-order valence-corrected chi connectivity index (χ1v) is 14.6. The van der Waals surface area contributed by atoms with E-state index >= 15 is 0 Å². The van der Waals surface area contributed by atoms with E-state index in [-0.39, 0.29) is 23.1 Å². The summed E-state index contributed by atoms with van der Waals surface area (Å²) in [6.07, 6.45) is 0. The van der Waals surface area contributed by atoms with Crippen LogP contribution in [-0.4, -0.2) is 41.7 Å². The number of H-pyrrole nitrogens is 1. The number of anilines is 2. The largest absolute Gasteiger partial charge is 0.493 e. The van der Waals surface area contributed by atoms with Gasteiger partial charge in [0.2, 0.25) is 11.8 Å². The molecule has 0 aliphatic carbocycles. The number of fused-ring (bicyclic) bond motifs is 2. The Balaban J connectivity index is 1.30. The summed E-state index contributed by atoms with van der Waals surface area (Å²) >= 11 is 2.14. The number of aryl methyl sites for hydroxylation is 1. The topological polar surface area (TPSA) is 118 Å². The van der Waals surface area contributed by atoms with Gasteiger partial charge in [-0.05, 0) is 66.6 Å². The van der Waals surface area contributed by atoms with Crippen molar-refractivity contribution in [1.29, 1.82) is 0 Å². The van der Waals surface area contributed by atoms with Crippen molar-refractivity contribution in [2.24, 2.45) is 5.92 Å². The van der Waals surface area contributed by atoms with Crippen LogP contribution in [0.3, 0.4) is 0 Å². The Morgan fingerprint density at radius 3 is 2.55 bits per heavy atom. The number of halogens is 1. The van der Waals surface area contributed by atoms with Crippen LogP contribution < -0.4 is 24.6 Å². The fourth-order valence-corrected chi connectivity index (χ4v) is 7.80. The van der Waals surface area contributed by atoms with Crippen LogP contribution in [0.25, 0.3) is 0 Å². The number of methoxy groups -OCH3 is 1. The van der Waals surface area contributed by atoms with Gasteiger partial charge in [-0.3, -0.25) is 19.2 Å². The minimum absolute atomic E-state index is 0.266. The number of carbonyl (C=O) groups excluding carboxylic acids is 3. The molecule has 0 saturated carbocycles. The summed E-state index contributed by atoms with van der Waals surface area (Å²) < 4.78 is 24.9. The number of nitrogens with zero attached hydrogens (tertiary/aromatic N) is 1. The molecule has 1 fully saturated rings. The van der Waals surface area contributed by atoms with Crippen molar-refractivity contribution in [3.8, 4) is 11.5 Å². The lowest BCUT2D eigenvalue weighted by Crippen LogP contribution is -2.32. The fourth-order valence-electron chi connectivity index (χ4n) is 5.28. The van der Waals surface area contributed by atoms with Crippen molar-refractivity contribution in [2.45, 2.75) is 23.1 Å². The van der Waals surface area contributed by atoms with Crippen LogP contribution in [0, 0.1) is 18.7 Å². The van der Waals surface area contributed by atoms with E-state index in [4.69, 9.17) is 9.47 Å². The molecule has 6 rings (SSSR count). The number of imide groups is 1. The molecule has 3 amide bonds. The highest BCUT2D eigenvalue weighted by Crippen LogP contribution is 2.53. The predicted molar refractivity (Wildman–Crippen MR) is 157 cm³/mol. The van der Waals surface area contributed by atoms with Crippen LogP contribution in [0.1, 0.15) is 21.9 Å². The molecule has 0 bridgehead atoms. The Morgan fingerprint density at radius 1 is 1.02 bits per heavy atom. The molecule has 42 heavy (non-hydrogen) atoms. The summed E-state index contributed by atoms with van der Waals surface area (Å²) in [5.41, 5.74) is 2.58. The molecule has 3 atom stereocenters. The van der Waals surface area contributed by atoms with Crippen molar-refractivity contribution >= 4 is 52.2 Å². The van der Waals surface area contributed by atoms with E-state index in [1.807, 2.05) is 25.1 Å². The number of thioether (sulfide) groups is 1. The van der Waals surface area contributed by atoms with Gasteiger partial charge in [0.05, 0.1) is 23.7 Å². The van der Waals surface area contributed by atoms with Gasteiger partial charge in [0.15, 0.2) is 18.1 Å². The molecular weight excluding hydrogens is 581 g/mol. The molecule has 1 saturated heterocycles. The van der Waals surface area contributed by atoms with E-state index < -0.39 is 34.7 Å². The van der Waals surface area contributed by atoms with Gasteiger partial charge >= 0.3 is 4.87 Å². The number of hydrogen-bond donors (Lipinski definition) is 2. The van der Waals surface area contributed by atoms with Gasteiger partial charge in [0, 0.05) is 16.5 Å². The number of rotatable bonds is 7. The third-order valence-electron chi connectivity index (χ3n) is 7.12. The molecule has 0 spiro atoms. The molecule has 3 heterocycles. The molecule has 12 heteroatoms. The second-order valence-electron chi connectivity index (χ2n) is 9.85. The van der Waals surface area contributed by atoms with Gasteiger partial charge in [-0.15, -0.1) is 0 Å². The van der Waals surface area contributed by atoms with Crippen molar-refractivity contribution < 1.29 is 28.2 Å². The molecule has 0 radical (unpaired) electrons. The number of aromatic amines is 1. The number of nitrogens with one attached hydrogen (secondary N) is 2. The standard InChI is InChI=1S/C30H24FN3O6S2/c1-15-4-3-5-18(12-15)32-22(35)14-40-20-11-6-16(13-21(20)39-2)23-24-26(41-27-25(23)42-30(38)33-27)29(37)34(28(24)36)19-9-7-17(31)8-10-19/h3-13,23-24,26H,14H2,1-2H3,(H,32,35)(H,33,38). The summed E-state index contributed by atoms with van der Waals surface area (Å²) in [5, 5.41) is 2.53. The fraction of sp³-hybridized carbons (Fsp3) is 0.200. The van der Waals surface area contributed by atoms with Crippen molar-refractivity contribution in [3.63, 3.8) is 0 Å². The van der Waals surface area contributed by atoms with Gasteiger partial charge in [0.25, 0.3) is 5.91 Å². The molecule has 2 aliphatic heterocycles. The Labute approximate surface area is 247 Å². The number of thiazole rings is 1. The lowest BCUT2D eigenvalue weighted by Gasteiger charge is -2.30. The third-order valence-corrected chi connectivity index (χ3v) is 9.52.